The summed E-state index contributed by atoms with van der Waals surface area (Å²) in [6, 6.07) is 5.28. The number of halogens is 1. The number of nitrogens with one attached hydrogen (secondary N) is 2. The van der Waals surface area contributed by atoms with Crippen LogP contribution in [0.3, 0.4) is 0 Å². The van der Waals surface area contributed by atoms with Crippen LogP contribution in [0.15, 0.2) is 30.6 Å². The number of rotatable bonds is 6. The number of methoxy groups -OCH3 is 1. The van der Waals surface area contributed by atoms with Crippen LogP contribution < -0.4 is 15.4 Å². The molecule has 23 heavy (non-hydrogen) atoms. The van der Waals surface area contributed by atoms with Gasteiger partial charge >= 0.3 is 0 Å². The zero-order valence-electron chi connectivity index (χ0n) is 13.3. The van der Waals surface area contributed by atoms with Crippen LogP contribution in [0.2, 0.25) is 5.02 Å². The quantitative estimate of drug-likeness (QED) is 0.844. The number of hydrogen-bond acceptors (Lipinski definition) is 5. The average Bonchev–Trinajstić information content (AvgIpc) is 2.55. The van der Waals surface area contributed by atoms with Gasteiger partial charge in [0.25, 0.3) is 5.91 Å². The van der Waals surface area contributed by atoms with Gasteiger partial charge < -0.3 is 15.4 Å². The van der Waals surface area contributed by atoms with Crippen molar-refractivity contribution in [2.24, 2.45) is 0 Å². The maximum Gasteiger partial charge on any atom is 0.275 e. The highest BCUT2D eigenvalue weighted by molar-refractivity contribution is 6.31. The minimum Gasteiger partial charge on any atom is -0.495 e. The summed E-state index contributed by atoms with van der Waals surface area (Å²) in [5.74, 6) is 0.773. The number of carbonyl (C=O) groups excluding carboxylic acids is 1. The van der Waals surface area contributed by atoms with Crippen molar-refractivity contribution in [1.82, 2.24) is 9.97 Å². The normalized spacial score (nSPS) is 11.7. The Kier molecular flexibility index (Phi) is 5.76. The smallest absolute Gasteiger partial charge is 0.275 e. The maximum absolute atomic E-state index is 12.3. The van der Waals surface area contributed by atoms with E-state index in [-0.39, 0.29) is 11.6 Å². The highest BCUT2D eigenvalue weighted by atomic mass is 35.5. The lowest BCUT2D eigenvalue weighted by Gasteiger charge is -2.12. The molecule has 0 fully saturated rings. The summed E-state index contributed by atoms with van der Waals surface area (Å²) in [5.41, 5.74) is 0.690. The molecule has 122 valence electrons. The molecule has 1 aromatic heterocycles. The summed E-state index contributed by atoms with van der Waals surface area (Å²) in [4.78, 5) is 20.6. The van der Waals surface area contributed by atoms with Crippen LogP contribution in [0.4, 0.5) is 11.5 Å². The van der Waals surface area contributed by atoms with Gasteiger partial charge in [-0.15, -0.1) is 0 Å². The first-order chi connectivity index (χ1) is 11.0. The molecule has 0 aliphatic rings. The molecule has 0 spiro atoms. The zero-order chi connectivity index (χ0) is 16.8. The van der Waals surface area contributed by atoms with E-state index in [0.29, 0.717) is 28.3 Å². The van der Waals surface area contributed by atoms with Crippen molar-refractivity contribution < 1.29 is 9.53 Å². The van der Waals surface area contributed by atoms with Gasteiger partial charge in [0.2, 0.25) is 0 Å². The first-order valence-electron chi connectivity index (χ1n) is 7.27. The third-order valence-corrected chi connectivity index (χ3v) is 3.54. The molecule has 0 aliphatic carbocycles. The predicted molar refractivity (Wildman–Crippen MR) is 91.4 cm³/mol. The van der Waals surface area contributed by atoms with Crippen molar-refractivity contribution in [2.45, 2.75) is 26.3 Å². The van der Waals surface area contributed by atoms with Gasteiger partial charge in [0.05, 0.1) is 25.2 Å². The van der Waals surface area contributed by atoms with Crippen molar-refractivity contribution >= 4 is 29.0 Å². The maximum atomic E-state index is 12.3. The molecular weight excluding hydrogens is 316 g/mol. The Balaban J connectivity index is 2.10. The zero-order valence-corrected chi connectivity index (χ0v) is 14.0. The molecule has 0 bridgehead atoms. The lowest BCUT2D eigenvalue weighted by Crippen LogP contribution is -2.17. The van der Waals surface area contributed by atoms with E-state index >= 15 is 0 Å². The Labute approximate surface area is 140 Å². The third-order valence-electron chi connectivity index (χ3n) is 3.30. The fourth-order valence-corrected chi connectivity index (χ4v) is 2.01. The third kappa shape index (κ3) is 4.56. The van der Waals surface area contributed by atoms with Crippen LogP contribution in [0.1, 0.15) is 30.8 Å². The van der Waals surface area contributed by atoms with Crippen molar-refractivity contribution in [1.29, 1.82) is 0 Å². The average molecular weight is 335 g/mol. The lowest BCUT2D eigenvalue weighted by atomic mass is 10.2. The van der Waals surface area contributed by atoms with Crippen LogP contribution in [-0.2, 0) is 0 Å². The first-order valence-corrected chi connectivity index (χ1v) is 7.64. The van der Waals surface area contributed by atoms with Crippen LogP contribution in [0.5, 0.6) is 5.75 Å². The second kappa shape index (κ2) is 7.78. The summed E-state index contributed by atoms with van der Waals surface area (Å²) in [5, 5.41) is 6.41. The van der Waals surface area contributed by atoms with E-state index in [4.69, 9.17) is 16.3 Å². The number of benzene rings is 1. The molecule has 0 radical (unpaired) electrons. The monoisotopic (exact) mass is 334 g/mol. The van der Waals surface area contributed by atoms with Crippen LogP contribution in [0.25, 0.3) is 0 Å². The van der Waals surface area contributed by atoms with E-state index in [2.05, 4.69) is 27.5 Å². The molecule has 1 heterocycles. The van der Waals surface area contributed by atoms with Crippen molar-refractivity contribution in [3.63, 3.8) is 0 Å². The number of carbonyl (C=O) groups is 1. The molecule has 0 aliphatic heterocycles. The van der Waals surface area contributed by atoms with Crippen LogP contribution in [0, 0.1) is 0 Å². The van der Waals surface area contributed by atoms with Gasteiger partial charge in [0.1, 0.15) is 17.3 Å². The fourth-order valence-electron chi connectivity index (χ4n) is 1.84. The predicted octanol–water partition coefficient (Wildman–Crippen LogP) is 3.60. The number of hydrogen-bond donors (Lipinski definition) is 2. The highest BCUT2D eigenvalue weighted by Crippen LogP contribution is 2.27. The highest BCUT2D eigenvalue weighted by Gasteiger charge is 2.12. The second-order valence-corrected chi connectivity index (χ2v) is 5.48. The molecule has 2 aromatic rings. The molecule has 1 atom stereocenters. The molecule has 6 nitrogen and oxygen atoms in total. The van der Waals surface area contributed by atoms with Crippen molar-refractivity contribution in [3.8, 4) is 5.75 Å². The fraction of sp³-hybridized carbons (Fsp3) is 0.312. The van der Waals surface area contributed by atoms with E-state index in [9.17, 15) is 4.79 Å². The minimum atomic E-state index is -0.381. The van der Waals surface area contributed by atoms with E-state index in [1.807, 2.05) is 6.92 Å². The molecule has 7 heteroatoms. The van der Waals surface area contributed by atoms with E-state index in [1.165, 1.54) is 19.5 Å². The number of anilines is 2. The van der Waals surface area contributed by atoms with E-state index < -0.39 is 0 Å². The standard InChI is InChI=1S/C16H19ClN4O2/c1-4-10(2)20-15-9-18-13(8-19-15)16(22)21-12-7-11(17)5-6-14(12)23-3/h5-10H,4H2,1-3H3,(H,19,20)(H,21,22). The summed E-state index contributed by atoms with van der Waals surface area (Å²) in [7, 11) is 1.52. The Morgan fingerprint density at radius 3 is 2.74 bits per heavy atom. The van der Waals surface area contributed by atoms with Gasteiger partial charge in [-0.2, -0.15) is 0 Å². The molecule has 1 amide bonds. The molecule has 0 saturated carbocycles. The molecule has 2 rings (SSSR count). The summed E-state index contributed by atoms with van der Waals surface area (Å²) in [6.07, 6.45) is 3.94. The van der Waals surface area contributed by atoms with Crippen molar-refractivity contribution in [3.05, 3.63) is 41.3 Å². The Morgan fingerprint density at radius 2 is 2.13 bits per heavy atom. The van der Waals surface area contributed by atoms with Crippen molar-refractivity contribution in [2.75, 3.05) is 17.7 Å². The molecule has 2 N–H and O–H groups in total. The van der Waals surface area contributed by atoms with Gasteiger partial charge in [0, 0.05) is 11.1 Å². The Morgan fingerprint density at radius 1 is 1.35 bits per heavy atom. The number of aromatic nitrogens is 2. The van der Waals surface area contributed by atoms with Crippen LogP contribution >= 0.6 is 11.6 Å². The summed E-state index contributed by atoms with van der Waals surface area (Å²) in [6.45, 7) is 4.12. The lowest BCUT2D eigenvalue weighted by molar-refractivity contribution is 0.102. The first kappa shape index (κ1) is 17.0. The number of ether oxygens (including phenoxy) is 1. The largest absolute Gasteiger partial charge is 0.495 e. The van der Waals surface area contributed by atoms with E-state index in [0.717, 1.165) is 6.42 Å². The number of nitrogens with zero attached hydrogens (tertiary/aromatic N) is 2. The summed E-state index contributed by atoms with van der Waals surface area (Å²) < 4.78 is 5.19. The van der Waals surface area contributed by atoms with Gasteiger partial charge in [-0.3, -0.25) is 4.79 Å². The Bertz CT molecular complexity index is 676. The van der Waals surface area contributed by atoms with Gasteiger partial charge in [-0.1, -0.05) is 18.5 Å². The second-order valence-electron chi connectivity index (χ2n) is 5.04. The summed E-state index contributed by atoms with van der Waals surface area (Å²) >= 11 is 5.94. The van der Waals surface area contributed by atoms with Crippen LogP contribution in [-0.4, -0.2) is 29.0 Å². The van der Waals surface area contributed by atoms with Gasteiger partial charge in [-0.05, 0) is 31.5 Å². The topological polar surface area (TPSA) is 76.1 Å². The molecule has 1 unspecified atom stereocenters. The molecule has 1 aromatic carbocycles. The molecule has 0 saturated heterocycles. The SMILES string of the molecule is CCC(C)Nc1cnc(C(=O)Nc2cc(Cl)ccc2OC)cn1. The van der Waals surface area contributed by atoms with Gasteiger partial charge in [0.15, 0.2) is 0 Å². The van der Waals surface area contributed by atoms with Gasteiger partial charge in [-0.25, -0.2) is 9.97 Å². The Hall–Kier alpha value is -2.34. The number of amides is 1. The van der Waals surface area contributed by atoms with E-state index in [1.54, 1.807) is 18.2 Å². The minimum absolute atomic E-state index is 0.210. The molecular formula is C16H19ClN4O2.